The Kier molecular flexibility index (Phi) is 6.98. The number of aromatic nitrogens is 3. The first-order valence-corrected chi connectivity index (χ1v) is 11.4. The van der Waals surface area contributed by atoms with E-state index in [1.54, 1.807) is 43.5 Å². The number of anilines is 3. The van der Waals surface area contributed by atoms with E-state index in [4.69, 9.17) is 0 Å². The van der Waals surface area contributed by atoms with Gasteiger partial charge in [-0.15, -0.1) is 0 Å². The van der Waals surface area contributed by atoms with E-state index in [0.717, 1.165) is 9.13 Å². The van der Waals surface area contributed by atoms with Crippen molar-refractivity contribution in [1.29, 1.82) is 0 Å². The molecule has 0 bridgehead atoms. The van der Waals surface area contributed by atoms with E-state index < -0.39 is 10.0 Å². The van der Waals surface area contributed by atoms with Crippen LogP contribution >= 0.6 is 22.6 Å². The third kappa shape index (κ3) is 6.34. The number of benzene rings is 1. The molecular formula is C19H21IN6O2S. The molecule has 2 heterocycles. The normalized spacial score (nSPS) is 11.3. The van der Waals surface area contributed by atoms with E-state index in [9.17, 15) is 8.42 Å². The van der Waals surface area contributed by atoms with E-state index in [1.807, 2.05) is 19.1 Å². The lowest BCUT2D eigenvalue weighted by atomic mass is 10.3. The van der Waals surface area contributed by atoms with Crippen molar-refractivity contribution in [3.05, 3.63) is 63.6 Å². The molecule has 0 saturated heterocycles. The molecular weight excluding hydrogens is 503 g/mol. The van der Waals surface area contributed by atoms with Gasteiger partial charge in [-0.2, -0.15) is 0 Å². The molecule has 0 aliphatic carbocycles. The van der Waals surface area contributed by atoms with Gasteiger partial charge in [0.2, 0.25) is 10.0 Å². The van der Waals surface area contributed by atoms with Gasteiger partial charge < -0.3 is 10.6 Å². The fourth-order valence-electron chi connectivity index (χ4n) is 2.53. The summed E-state index contributed by atoms with van der Waals surface area (Å²) in [5.74, 6) is 2.49. The SMILES string of the molecule is Cc1ccnc(Nc2cc(NCCNS(=O)(=O)c3ccc(I)cc3)nc(C)n2)c1. The summed E-state index contributed by atoms with van der Waals surface area (Å²) >= 11 is 2.13. The quantitative estimate of drug-likeness (QED) is 0.307. The maximum Gasteiger partial charge on any atom is 0.240 e. The zero-order chi connectivity index (χ0) is 20.9. The van der Waals surface area contributed by atoms with Gasteiger partial charge in [0.25, 0.3) is 0 Å². The van der Waals surface area contributed by atoms with Gasteiger partial charge in [0.05, 0.1) is 4.90 Å². The summed E-state index contributed by atoms with van der Waals surface area (Å²) in [5.41, 5.74) is 1.09. The first-order chi connectivity index (χ1) is 13.8. The summed E-state index contributed by atoms with van der Waals surface area (Å²) in [6.07, 6.45) is 1.73. The Labute approximate surface area is 183 Å². The first-order valence-electron chi connectivity index (χ1n) is 8.86. The molecule has 0 saturated carbocycles. The summed E-state index contributed by atoms with van der Waals surface area (Å²) in [4.78, 5) is 13.2. The van der Waals surface area contributed by atoms with Crippen molar-refractivity contribution in [2.45, 2.75) is 18.7 Å². The third-order valence-corrected chi connectivity index (χ3v) is 6.05. The van der Waals surface area contributed by atoms with Crippen molar-refractivity contribution in [2.24, 2.45) is 0 Å². The van der Waals surface area contributed by atoms with Crippen LogP contribution in [0.15, 0.2) is 53.6 Å². The summed E-state index contributed by atoms with van der Waals surface area (Å²) in [7, 11) is -3.54. The van der Waals surface area contributed by atoms with Gasteiger partial charge in [-0.05, 0) is 78.4 Å². The Bertz CT molecular complexity index is 1090. The molecule has 3 aromatic rings. The molecule has 1 aromatic carbocycles. The minimum Gasteiger partial charge on any atom is -0.369 e. The van der Waals surface area contributed by atoms with E-state index in [1.165, 1.54) is 0 Å². The predicted octanol–water partition coefficient (Wildman–Crippen LogP) is 3.23. The zero-order valence-corrected chi connectivity index (χ0v) is 19.0. The number of hydrogen-bond acceptors (Lipinski definition) is 7. The van der Waals surface area contributed by atoms with Crippen LogP contribution in [0.1, 0.15) is 11.4 Å². The molecule has 152 valence electrons. The van der Waals surface area contributed by atoms with Crippen molar-refractivity contribution in [3.63, 3.8) is 0 Å². The molecule has 0 fully saturated rings. The largest absolute Gasteiger partial charge is 0.369 e. The molecule has 29 heavy (non-hydrogen) atoms. The molecule has 0 amide bonds. The summed E-state index contributed by atoms with van der Waals surface area (Å²) < 4.78 is 28.2. The Hall–Kier alpha value is -2.31. The lowest BCUT2D eigenvalue weighted by Gasteiger charge is -2.11. The van der Waals surface area contributed by atoms with Gasteiger partial charge in [-0.25, -0.2) is 28.1 Å². The van der Waals surface area contributed by atoms with Crippen LogP contribution in [0.3, 0.4) is 0 Å². The fourth-order valence-corrected chi connectivity index (χ4v) is 3.92. The van der Waals surface area contributed by atoms with Crippen LogP contribution in [-0.2, 0) is 10.0 Å². The van der Waals surface area contributed by atoms with Crippen LogP contribution < -0.4 is 15.4 Å². The van der Waals surface area contributed by atoms with Gasteiger partial charge in [-0.3, -0.25) is 0 Å². The standard InChI is InChI=1S/C19H21IN6O2S/c1-13-7-8-21-17(11-13)26-19-12-18(24-14(2)25-19)22-9-10-23-29(27,28)16-5-3-15(20)4-6-16/h3-8,11-12,23H,9-10H2,1-2H3,(H2,21,22,24,25,26). The van der Waals surface area contributed by atoms with Gasteiger partial charge in [0.1, 0.15) is 23.3 Å². The highest BCUT2D eigenvalue weighted by Crippen LogP contribution is 2.16. The minimum atomic E-state index is -3.54. The Morgan fingerprint density at radius 1 is 0.931 bits per heavy atom. The molecule has 10 heteroatoms. The molecule has 0 radical (unpaired) electrons. The van der Waals surface area contributed by atoms with E-state index >= 15 is 0 Å². The lowest BCUT2D eigenvalue weighted by molar-refractivity contribution is 0.583. The van der Waals surface area contributed by atoms with Crippen molar-refractivity contribution >= 4 is 50.1 Å². The van der Waals surface area contributed by atoms with Crippen molar-refractivity contribution < 1.29 is 8.42 Å². The van der Waals surface area contributed by atoms with E-state index in [2.05, 4.69) is 52.9 Å². The number of rotatable bonds is 8. The minimum absolute atomic E-state index is 0.222. The average molecular weight is 524 g/mol. The number of nitrogens with one attached hydrogen (secondary N) is 3. The molecule has 2 aromatic heterocycles. The molecule has 0 atom stereocenters. The van der Waals surface area contributed by atoms with Crippen LogP contribution in [0.25, 0.3) is 0 Å². The molecule has 0 aliphatic rings. The second kappa shape index (κ2) is 9.46. The van der Waals surface area contributed by atoms with E-state index in [0.29, 0.717) is 29.8 Å². The van der Waals surface area contributed by atoms with Crippen LogP contribution in [0.4, 0.5) is 17.5 Å². The number of nitrogens with zero attached hydrogens (tertiary/aromatic N) is 3. The Morgan fingerprint density at radius 3 is 2.38 bits per heavy atom. The number of sulfonamides is 1. The van der Waals surface area contributed by atoms with Crippen molar-refractivity contribution in [3.8, 4) is 0 Å². The second-order valence-electron chi connectivity index (χ2n) is 6.31. The number of aryl methyl sites for hydroxylation is 2. The molecule has 3 rings (SSSR count). The van der Waals surface area contributed by atoms with Crippen LogP contribution in [0.5, 0.6) is 0 Å². The summed E-state index contributed by atoms with van der Waals surface area (Å²) in [6, 6.07) is 12.3. The van der Waals surface area contributed by atoms with Crippen LogP contribution in [0, 0.1) is 17.4 Å². The Morgan fingerprint density at radius 2 is 1.66 bits per heavy atom. The van der Waals surface area contributed by atoms with Crippen LogP contribution in [0.2, 0.25) is 0 Å². The van der Waals surface area contributed by atoms with E-state index in [-0.39, 0.29) is 11.4 Å². The maximum absolute atomic E-state index is 12.3. The second-order valence-corrected chi connectivity index (χ2v) is 9.32. The first kappa shape index (κ1) is 21.4. The van der Waals surface area contributed by atoms with Gasteiger partial charge in [0.15, 0.2) is 0 Å². The highest BCUT2D eigenvalue weighted by Gasteiger charge is 2.12. The monoisotopic (exact) mass is 524 g/mol. The summed E-state index contributed by atoms with van der Waals surface area (Å²) in [5, 5.41) is 6.27. The number of hydrogen-bond donors (Lipinski definition) is 3. The van der Waals surface area contributed by atoms with Crippen molar-refractivity contribution in [2.75, 3.05) is 23.7 Å². The fraction of sp³-hybridized carbons (Fsp3) is 0.211. The molecule has 0 unspecified atom stereocenters. The van der Waals surface area contributed by atoms with Crippen LogP contribution in [-0.4, -0.2) is 36.5 Å². The topological polar surface area (TPSA) is 109 Å². The van der Waals surface area contributed by atoms with Gasteiger partial charge >= 0.3 is 0 Å². The highest BCUT2D eigenvalue weighted by molar-refractivity contribution is 14.1. The Balaban J connectivity index is 1.58. The van der Waals surface area contributed by atoms with Crippen molar-refractivity contribution in [1.82, 2.24) is 19.7 Å². The molecule has 3 N–H and O–H groups in total. The molecule has 0 aliphatic heterocycles. The highest BCUT2D eigenvalue weighted by atomic mass is 127. The van der Waals surface area contributed by atoms with Gasteiger partial charge in [0, 0.05) is 28.9 Å². The smallest absolute Gasteiger partial charge is 0.240 e. The van der Waals surface area contributed by atoms with Gasteiger partial charge in [-0.1, -0.05) is 0 Å². The lowest BCUT2D eigenvalue weighted by Crippen LogP contribution is -2.29. The predicted molar refractivity (Wildman–Crippen MR) is 122 cm³/mol. The number of halogens is 1. The average Bonchev–Trinajstić information content (AvgIpc) is 2.65. The molecule has 0 spiro atoms. The maximum atomic E-state index is 12.3. The zero-order valence-electron chi connectivity index (χ0n) is 16.0. The third-order valence-electron chi connectivity index (χ3n) is 3.86. The number of pyridine rings is 1. The summed E-state index contributed by atoms with van der Waals surface area (Å²) in [6.45, 7) is 4.38. The molecule has 8 nitrogen and oxygen atoms in total.